The van der Waals surface area contributed by atoms with Gasteiger partial charge in [-0.05, 0) is 56.5 Å². The molecule has 1 aliphatic heterocycles. The fourth-order valence-corrected chi connectivity index (χ4v) is 10.1. The lowest BCUT2D eigenvalue weighted by Crippen LogP contribution is -2.51. The van der Waals surface area contributed by atoms with Crippen molar-refractivity contribution >= 4 is 60.6 Å². The Bertz CT molecular complexity index is 2890. The molecule has 5 atom stereocenters. The number of nitrogen functional groups attached to an aromatic ring is 1. The van der Waals surface area contributed by atoms with Gasteiger partial charge in [0.05, 0.1) is 66.3 Å². The lowest BCUT2D eigenvalue weighted by Gasteiger charge is -2.41. The summed E-state index contributed by atoms with van der Waals surface area (Å²) >= 11 is 0. The average molecular weight is 1200 g/mol. The first-order valence-corrected chi connectivity index (χ1v) is 27.7. The van der Waals surface area contributed by atoms with Crippen LogP contribution in [0.4, 0.5) is 5.82 Å². The van der Waals surface area contributed by atoms with Crippen LogP contribution in [0.25, 0.3) is 11.2 Å². The maximum Gasteiger partial charge on any atom is 0.477 e. The van der Waals surface area contributed by atoms with Gasteiger partial charge in [-0.2, -0.15) is 0 Å². The number of aliphatic hydroxyl groups is 1. The Morgan fingerprint density at radius 3 is 1.55 bits per heavy atom. The fraction of sp³-hybridized carbons (Fsp3) is 0.473. The quantitative estimate of drug-likeness (QED) is 0.0111. The summed E-state index contributed by atoms with van der Waals surface area (Å²) in [6.45, 7) is -0.155. The van der Waals surface area contributed by atoms with Gasteiger partial charge in [0.15, 0.2) is 37.6 Å². The highest BCUT2D eigenvalue weighted by molar-refractivity contribution is 7.48. The summed E-state index contributed by atoms with van der Waals surface area (Å²) < 4.78 is 105. The second kappa shape index (κ2) is 30.4. The number of anilines is 1. The molecule has 0 saturated carbocycles. The molecule has 3 heterocycles. The Balaban J connectivity index is 1.66. The van der Waals surface area contributed by atoms with Crippen molar-refractivity contribution in [2.75, 3.05) is 86.4 Å². The van der Waals surface area contributed by atoms with E-state index in [1.54, 1.807) is 84.9 Å². The van der Waals surface area contributed by atoms with Gasteiger partial charge in [-0.15, -0.1) is 0 Å². The van der Waals surface area contributed by atoms with Crippen LogP contribution in [0.2, 0.25) is 0 Å². The number of aliphatic hydroxyl groups excluding tert-OH is 1. The highest BCUT2D eigenvalue weighted by Gasteiger charge is 2.59. The first-order valence-electron chi connectivity index (χ1n) is 26.2. The molecule has 0 bridgehead atoms. The van der Waals surface area contributed by atoms with Gasteiger partial charge in [0.25, 0.3) is 0 Å². The molecule has 0 amide bonds. The molecule has 6 rings (SSSR count). The number of phosphoric acid groups is 1. The van der Waals surface area contributed by atoms with Gasteiger partial charge in [0.2, 0.25) is 10.8 Å². The minimum atomic E-state index is -5.95. The number of esters is 6. The molecule has 5 aromatic rings. The Morgan fingerprint density at radius 2 is 1.12 bits per heavy atom. The van der Waals surface area contributed by atoms with Crippen molar-refractivity contribution in [1.82, 2.24) is 19.5 Å². The summed E-state index contributed by atoms with van der Waals surface area (Å²) in [5.41, 5.74) is 0.0466. The molecule has 0 aliphatic carbocycles. The number of aromatic nitrogens is 4. The first kappa shape index (κ1) is 65.7. The van der Waals surface area contributed by atoms with Gasteiger partial charge in [-0.1, -0.05) is 72.8 Å². The number of rotatable bonds is 33. The van der Waals surface area contributed by atoms with Gasteiger partial charge in [0.1, 0.15) is 41.5 Å². The number of nitrogens with zero attached hydrogens (tertiary/aromatic N) is 4. The van der Waals surface area contributed by atoms with E-state index in [4.69, 9.17) is 76.1 Å². The van der Waals surface area contributed by atoms with Crippen LogP contribution < -0.4 is 10.5 Å². The Hall–Kier alpha value is -7.50. The minimum absolute atomic E-state index is 0.0159. The van der Waals surface area contributed by atoms with Crippen molar-refractivity contribution in [2.24, 2.45) is 10.8 Å². The van der Waals surface area contributed by atoms with E-state index in [-0.39, 0.29) is 43.4 Å². The van der Waals surface area contributed by atoms with Crippen LogP contribution in [0, 0.1) is 10.8 Å². The normalized spacial score (nSPS) is 16.8. The molecule has 3 aromatic carbocycles. The van der Waals surface area contributed by atoms with Crippen LogP contribution in [0.1, 0.15) is 64.5 Å². The number of phosphoric ester groups is 1. The number of hydrogen-bond acceptors (Lipinski definition) is 27. The Morgan fingerprint density at radius 1 is 0.655 bits per heavy atom. The molecular formula is C55H68N5O23P. The monoisotopic (exact) mass is 1200 g/mol. The topological polar surface area (TPSA) is 348 Å². The number of methoxy groups -OCH3 is 2. The molecule has 28 nitrogen and oxygen atoms in total. The number of ether oxygens (including phenoxy) is 12. The van der Waals surface area contributed by atoms with Crippen LogP contribution in [0.3, 0.4) is 0 Å². The molecule has 2 aromatic heterocycles. The van der Waals surface area contributed by atoms with Crippen LogP contribution in [0.5, 0.6) is 5.75 Å². The number of benzene rings is 3. The molecule has 1 unspecified atom stereocenters. The third kappa shape index (κ3) is 15.1. The number of hydrogen-bond donors (Lipinski definition) is 2. The second-order valence-corrected chi connectivity index (χ2v) is 19.9. The van der Waals surface area contributed by atoms with E-state index in [1.165, 1.54) is 52.8 Å². The number of imidazole rings is 1. The first-order chi connectivity index (χ1) is 40.3. The molecule has 1 fully saturated rings. The molecule has 3 N–H and O–H groups in total. The van der Waals surface area contributed by atoms with E-state index < -0.39 is 131 Å². The van der Waals surface area contributed by atoms with Crippen molar-refractivity contribution in [1.29, 1.82) is 0 Å². The molecular weight excluding hydrogens is 1130 g/mol. The summed E-state index contributed by atoms with van der Waals surface area (Å²) in [5, 5.41) is 12.4. The number of carbonyl (C=O) groups excluding carboxylic acids is 6. The van der Waals surface area contributed by atoms with Gasteiger partial charge in [-0.25, -0.2) is 19.5 Å². The Kier molecular flexibility index (Phi) is 23.7. The summed E-state index contributed by atoms with van der Waals surface area (Å²) in [6.07, 6.45) is -6.45. The van der Waals surface area contributed by atoms with E-state index in [9.17, 15) is 33.9 Å². The van der Waals surface area contributed by atoms with Crippen LogP contribution in [0.15, 0.2) is 97.6 Å². The van der Waals surface area contributed by atoms with E-state index in [0.717, 1.165) is 20.2 Å². The summed E-state index contributed by atoms with van der Waals surface area (Å²) in [7, 11) is -3.26. The minimum Gasteiger partial charge on any atom is -0.497 e. The van der Waals surface area contributed by atoms with Crippen molar-refractivity contribution in [3.8, 4) is 5.75 Å². The van der Waals surface area contributed by atoms with Crippen molar-refractivity contribution in [3.63, 3.8) is 0 Å². The highest BCUT2D eigenvalue weighted by atomic mass is 31.2. The van der Waals surface area contributed by atoms with Crippen molar-refractivity contribution in [3.05, 3.63) is 114 Å². The third-order valence-electron chi connectivity index (χ3n) is 12.8. The number of fused-ring (bicyclic) bond motifs is 1. The standard InChI is InChI=1S/C55H68N5O23P/c1-9-73-49(64)53(50(65)74-10-2,27-71-33-77-35(5)61)29-79-84(68,80-30-54(51(66)75-11-3,52(67)76-12-4)28-72-34-78-36(6)62)83-48(44-43(70-8)42(63)47(81-44)60-32-59-41-45(56)57-31-58-46(41)60)82-55(37-19-15-13-16-20-37,38-21-17-14-18-22-38)39-23-25-40(69-7)26-24-39/h13-26,31-32,42-44,47-48,63H,9-12,27-30,33-34H2,1-8H3,(H2,56,57,58)/t42-,43+,44+,47-,48?/m1/s1. The maximum atomic E-state index is 16.6. The molecule has 0 radical (unpaired) electrons. The highest BCUT2D eigenvalue weighted by Crippen LogP contribution is 2.56. The average Bonchev–Trinajstić information content (AvgIpc) is 4.17. The largest absolute Gasteiger partial charge is 0.497 e. The fourth-order valence-electron chi connectivity index (χ4n) is 8.74. The smallest absolute Gasteiger partial charge is 0.477 e. The van der Waals surface area contributed by atoms with Gasteiger partial charge >= 0.3 is 43.6 Å². The zero-order valence-corrected chi connectivity index (χ0v) is 48.3. The number of carbonyl (C=O) groups is 6. The third-order valence-corrected chi connectivity index (χ3v) is 14.2. The molecule has 1 saturated heterocycles. The zero-order chi connectivity index (χ0) is 61.1. The molecule has 0 spiro atoms. The maximum absolute atomic E-state index is 16.6. The second-order valence-electron chi connectivity index (χ2n) is 18.2. The van der Waals surface area contributed by atoms with Crippen LogP contribution >= 0.6 is 7.82 Å². The van der Waals surface area contributed by atoms with Crippen molar-refractivity contribution < 1.29 is 109 Å². The molecule has 29 heteroatoms. The van der Waals surface area contributed by atoms with Crippen LogP contribution in [-0.2, 0) is 105 Å². The van der Waals surface area contributed by atoms with Gasteiger partial charge in [0, 0.05) is 21.0 Å². The van der Waals surface area contributed by atoms with Gasteiger partial charge < -0.3 is 67.7 Å². The van der Waals surface area contributed by atoms with E-state index in [2.05, 4.69) is 15.0 Å². The lowest BCUT2D eigenvalue weighted by atomic mass is 9.80. The summed E-state index contributed by atoms with van der Waals surface area (Å²) in [4.78, 5) is 93.6. The van der Waals surface area contributed by atoms with E-state index in [0.29, 0.717) is 22.4 Å². The van der Waals surface area contributed by atoms with E-state index in [1.807, 2.05) is 0 Å². The molecule has 84 heavy (non-hydrogen) atoms. The van der Waals surface area contributed by atoms with Crippen molar-refractivity contribution in [2.45, 2.75) is 78.0 Å². The molecule has 1 aliphatic rings. The zero-order valence-electron chi connectivity index (χ0n) is 47.4. The number of nitrogens with two attached hydrogens (primary N) is 1. The van der Waals surface area contributed by atoms with E-state index >= 15 is 4.57 Å². The Labute approximate surface area is 482 Å². The lowest BCUT2D eigenvalue weighted by molar-refractivity contribution is -0.227. The predicted octanol–water partition coefficient (Wildman–Crippen LogP) is 4.48. The predicted molar refractivity (Wildman–Crippen MR) is 288 cm³/mol. The van der Waals surface area contributed by atoms with Crippen LogP contribution in [-0.4, -0.2) is 166 Å². The van der Waals surface area contributed by atoms with Gasteiger partial charge in [-0.3, -0.25) is 46.9 Å². The summed E-state index contributed by atoms with van der Waals surface area (Å²) in [6, 6.07) is 23.9. The summed E-state index contributed by atoms with van der Waals surface area (Å²) in [5.74, 6) is -6.68. The molecule has 456 valence electrons. The SMILES string of the molecule is CCOC(=O)C(COCOC(C)=O)(COP(=O)(OCC(COCOC(C)=O)(C(=O)OCC)C(=O)OCC)OC(OC(c1ccccc1)(c1ccccc1)c1ccc(OC)cc1)[C@H]1O[C@@H](n2cnc3c(N)ncnc32)[C@H](O)[C@@H]1OC)C(=O)OCC.